The zero-order valence-corrected chi connectivity index (χ0v) is 10.2. The van der Waals surface area contributed by atoms with Crippen LogP contribution in [0.15, 0.2) is 23.4 Å². The molecule has 0 fully saturated rings. The van der Waals surface area contributed by atoms with Crippen molar-refractivity contribution in [1.29, 1.82) is 0 Å². The Morgan fingerprint density at radius 2 is 2.19 bits per heavy atom. The van der Waals surface area contributed by atoms with Gasteiger partial charge in [-0.15, -0.1) is 0 Å². The van der Waals surface area contributed by atoms with Gasteiger partial charge in [0, 0.05) is 0 Å². The number of aryl methyl sites for hydroxylation is 1. The van der Waals surface area contributed by atoms with Crippen molar-refractivity contribution in [3.05, 3.63) is 29.3 Å². The van der Waals surface area contributed by atoms with E-state index < -0.39 is 0 Å². The van der Waals surface area contributed by atoms with Gasteiger partial charge in [-0.1, -0.05) is 18.5 Å². The first-order valence-electron chi connectivity index (χ1n) is 5.59. The minimum Gasteiger partial charge on any atom is -0.508 e. The molecule has 1 aromatic rings. The number of phenolic OH excluding ortho intramolecular Hbond substituents is 1. The molecule has 0 aliphatic heterocycles. The predicted molar refractivity (Wildman–Crippen MR) is 65.9 cm³/mol. The van der Waals surface area contributed by atoms with Gasteiger partial charge < -0.3 is 9.94 Å². The van der Waals surface area contributed by atoms with E-state index >= 15 is 0 Å². The van der Waals surface area contributed by atoms with Gasteiger partial charge in [0.2, 0.25) is 0 Å². The molecule has 0 aliphatic carbocycles. The largest absolute Gasteiger partial charge is 0.508 e. The Labute approximate surface area is 96.7 Å². The van der Waals surface area contributed by atoms with Crippen LogP contribution in [0.25, 0.3) is 0 Å². The van der Waals surface area contributed by atoms with Gasteiger partial charge in [0.1, 0.15) is 12.9 Å². The van der Waals surface area contributed by atoms with Crippen LogP contribution < -0.4 is 0 Å². The lowest BCUT2D eigenvalue weighted by Crippen LogP contribution is -2.02. The number of hydrogen-bond acceptors (Lipinski definition) is 3. The normalized spacial score (nSPS) is 11.6. The number of oxime groups is 1. The first-order chi connectivity index (χ1) is 7.69. The monoisotopic (exact) mass is 221 g/mol. The van der Waals surface area contributed by atoms with Crippen molar-refractivity contribution >= 4 is 5.71 Å². The Balaban J connectivity index is 2.92. The van der Waals surface area contributed by atoms with Gasteiger partial charge in [0.05, 0.1) is 5.71 Å². The van der Waals surface area contributed by atoms with Crippen molar-refractivity contribution in [2.45, 2.75) is 33.1 Å². The summed E-state index contributed by atoms with van der Waals surface area (Å²) >= 11 is 0. The maximum absolute atomic E-state index is 9.46. The van der Waals surface area contributed by atoms with Crippen molar-refractivity contribution < 1.29 is 9.94 Å². The van der Waals surface area contributed by atoms with E-state index in [2.05, 4.69) is 12.1 Å². The number of aromatic hydroxyl groups is 1. The maximum Gasteiger partial charge on any atom is 0.118 e. The lowest BCUT2D eigenvalue weighted by atomic mass is 10.0. The third-order valence-corrected chi connectivity index (χ3v) is 2.50. The molecule has 0 unspecified atom stereocenters. The van der Waals surface area contributed by atoms with Gasteiger partial charge in [0.15, 0.2) is 0 Å². The molecule has 0 aliphatic rings. The van der Waals surface area contributed by atoms with Crippen LogP contribution in [0.1, 0.15) is 37.3 Å². The van der Waals surface area contributed by atoms with Crippen LogP contribution in [0.5, 0.6) is 5.75 Å². The molecular weight excluding hydrogens is 202 g/mol. The van der Waals surface area contributed by atoms with Crippen molar-refractivity contribution in [2.75, 3.05) is 7.11 Å². The highest BCUT2D eigenvalue weighted by Crippen LogP contribution is 2.19. The maximum atomic E-state index is 9.46. The first kappa shape index (κ1) is 12.6. The van der Waals surface area contributed by atoms with Gasteiger partial charge in [-0.25, -0.2) is 0 Å². The Hall–Kier alpha value is -1.51. The number of hydrogen-bond donors (Lipinski definition) is 1. The number of unbranched alkanes of at least 4 members (excludes halogenated alkanes) is 1. The fourth-order valence-corrected chi connectivity index (χ4v) is 1.53. The molecular formula is C13H19NO2. The Bertz CT molecular complexity index is 372. The van der Waals surface area contributed by atoms with Crippen LogP contribution in [0.3, 0.4) is 0 Å². The predicted octanol–water partition coefficient (Wildman–Crippen LogP) is 3.24. The average Bonchev–Trinajstić information content (AvgIpc) is 2.28. The molecule has 16 heavy (non-hydrogen) atoms. The molecule has 0 bridgehead atoms. The fraction of sp³-hybridized carbons (Fsp3) is 0.462. The summed E-state index contributed by atoms with van der Waals surface area (Å²) in [4.78, 5) is 4.85. The van der Waals surface area contributed by atoms with E-state index in [-0.39, 0.29) is 0 Å². The minimum absolute atomic E-state index is 0.316. The number of benzene rings is 1. The summed E-state index contributed by atoms with van der Waals surface area (Å²) < 4.78 is 0. The molecule has 0 heterocycles. The third-order valence-electron chi connectivity index (χ3n) is 2.50. The molecule has 0 radical (unpaired) electrons. The van der Waals surface area contributed by atoms with Crippen LogP contribution in [0.4, 0.5) is 0 Å². The van der Waals surface area contributed by atoms with Gasteiger partial charge in [-0.2, -0.15) is 0 Å². The first-order valence-corrected chi connectivity index (χ1v) is 5.59. The van der Waals surface area contributed by atoms with Crippen LogP contribution in [0.2, 0.25) is 0 Å². The smallest absolute Gasteiger partial charge is 0.118 e. The van der Waals surface area contributed by atoms with Gasteiger partial charge >= 0.3 is 0 Å². The lowest BCUT2D eigenvalue weighted by Gasteiger charge is -2.07. The number of phenols is 1. The van der Waals surface area contributed by atoms with Crippen LogP contribution >= 0.6 is 0 Å². The molecule has 0 atom stereocenters. The van der Waals surface area contributed by atoms with E-state index in [1.807, 2.05) is 19.1 Å². The second kappa shape index (κ2) is 6.16. The third kappa shape index (κ3) is 3.26. The van der Waals surface area contributed by atoms with Gasteiger partial charge in [-0.05, 0) is 49.1 Å². The van der Waals surface area contributed by atoms with Crippen molar-refractivity contribution in [2.24, 2.45) is 5.16 Å². The summed E-state index contributed by atoms with van der Waals surface area (Å²) in [5.41, 5.74) is 2.82. The van der Waals surface area contributed by atoms with E-state index in [1.165, 1.54) is 0 Å². The highest BCUT2D eigenvalue weighted by atomic mass is 16.6. The molecule has 3 heteroatoms. The van der Waals surface area contributed by atoms with E-state index in [9.17, 15) is 5.11 Å². The van der Waals surface area contributed by atoms with E-state index in [1.54, 1.807) is 13.2 Å². The van der Waals surface area contributed by atoms with Crippen LogP contribution in [-0.4, -0.2) is 17.9 Å². The molecule has 0 spiro atoms. The molecule has 0 aromatic heterocycles. The number of rotatable bonds is 5. The summed E-state index contributed by atoms with van der Waals surface area (Å²) in [6.45, 7) is 4.02. The van der Waals surface area contributed by atoms with Gasteiger partial charge in [0.25, 0.3) is 0 Å². The summed E-state index contributed by atoms with van der Waals surface area (Å²) in [5.74, 6) is 0.316. The Morgan fingerprint density at radius 3 is 2.75 bits per heavy atom. The van der Waals surface area contributed by atoms with Crippen LogP contribution in [-0.2, 0) is 4.84 Å². The molecule has 0 amide bonds. The van der Waals surface area contributed by atoms with Crippen molar-refractivity contribution in [1.82, 2.24) is 0 Å². The summed E-state index contributed by atoms with van der Waals surface area (Å²) in [6, 6.07) is 5.50. The molecule has 3 nitrogen and oxygen atoms in total. The molecule has 0 saturated heterocycles. The van der Waals surface area contributed by atoms with E-state index in [4.69, 9.17) is 4.84 Å². The quantitative estimate of drug-likeness (QED) is 0.612. The van der Waals surface area contributed by atoms with Crippen molar-refractivity contribution in [3.63, 3.8) is 0 Å². The molecule has 0 saturated carbocycles. The summed E-state index contributed by atoms with van der Waals surface area (Å²) in [5, 5.41) is 13.5. The minimum atomic E-state index is 0.316. The zero-order valence-electron chi connectivity index (χ0n) is 10.2. The molecule has 1 N–H and O–H groups in total. The number of nitrogens with zero attached hydrogens (tertiary/aromatic N) is 1. The Kier molecular flexibility index (Phi) is 4.83. The summed E-state index contributed by atoms with van der Waals surface area (Å²) in [7, 11) is 1.55. The zero-order chi connectivity index (χ0) is 12.0. The SMILES string of the molecule is CCCCC(=NOC)c1ccc(O)c(C)c1. The summed E-state index contributed by atoms with van der Waals surface area (Å²) in [6.07, 6.45) is 3.11. The topological polar surface area (TPSA) is 41.8 Å². The van der Waals surface area contributed by atoms with Crippen molar-refractivity contribution in [3.8, 4) is 5.75 Å². The standard InChI is InChI=1S/C13H19NO2/c1-4-5-6-12(14-16-3)11-7-8-13(15)10(2)9-11/h7-9,15H,4-6H2,1-3H3. The lowest BCUT2D eigenvalue weighted by molar-refractivity contribution is 0.212. The van der Waals surface area contributed by atoms with E-state index in [0.29, 0.717) is 5.75 Å². The fourth-order valence-electron chi connectivity index (χ4n) is 1.53. The van der Waals surface area contributed by atoms with Crippen LogP contribution in [0, 0.1) is 6.92 Å². The second-order valence-electron chi connectivity index (χ2n) is 3.83. The van der Waals surface area contributed by atoms with Gasteiger partial charge in [-0.3, -0.25) is 0 Å². The average molecular weight is 221 g/mol. The molecule has 1 aromatic carbocycles. The van der Waals surface area contributed by atoms with E-state index in [0.717, 1.165) is 36.1 Å². The second-order valence-corrected chi connectivity index (χ2v) is 3.83. The highest BCUT2D eigenvalue weighted by molar-refractivity contribution is 6.00. The molecule has 1 rings (SSSR count). The highest BCUT2D eigenvalue weighted by Gasteiger charge is 2.06. The Morgan fingerprint density at radius 1 is 1.44 bits per heavy atom. The molecule has 88 valence electrons.